The fourth-order valence-corrected chi connectivity index (χ4v) is 3.37. The molecule has 104 valence electrons. The Labute approximate surface area is 120 Å². The molecule has 0 fully saturated rings. The van der Waals surface area contributed by atoms with E-state index in [1.165, 1.54) is 29.5 Å². The van der Waals surface area contributed by atoms with Crippen LogP contribution in [0.4, 0.5) is 0 Å². The number of hydrogen-bond donors (Lipinski definition) is 1. The summed E-state index contributed by atoms with van der Waals surface area (Å²) in [4.78, 5) is 0. The summed E-state index contributed by atoms with van der Waals surface area (Å²) in [5.41, 5.74) is 4.30. The van der Waals surface area contributed by atoms with Crippen LogP contribution in [0.15, 0.2) is 48.5 Å². The van der Waals surface area contributed by atoms with Gasteiger partial charge in [-0.2, -0.15) is 0 Å². The molecule has 2 heteroatoms. The van der Waals surface area contributed by atoms with Crippen LogP contribution >= 0.6 is 0 Å². The molecule has 3 rings (SSSR count). The van der Waals surface area contributed by atoms with E-state index in [9.17, 15) is 0 Å². The maximum atomic E-state index is 5.35. The first kappa shape index (κ1) is 13.2. The van der Waals surface area contributed by atoms with Gasteiger partial charge in [-0.25, -0.2) is 0 Å². The van der Waals surface area contributed by atoms with Crippen molar-refractivity contribution in [2.45, 2.75) is 24.8 Å². The van der Waals surface area contributed by atoms with Crippen molar-refractivity contribution < 1.29 is 4.74 Å². The van der Waals surface area contributed by atoms with Crippen LogP contribution in [0, 0.1) is 0 Å². The molecule has 0 saturated heterocycles. The van der Waals surface area contributed by atoms with Gasteiger partial charge in [-0.05, 0) is 48.7 Å². The van der Waals surface area contributed by atoms with E-state index in [0.717, 1.165) is 5.75 Å². The third kappa shape index (κ3) is 2.32. The summed E-state index contributed by atoms with van der Waals surface area (Å²) in [5.74, 6) is 1.47. The molecule has 0 amide bonds. The van der Waals surface area contributed by atoms with E-state index in [1.807, 2.05) is 13.1 Å². The molecule has 2 atom stereocenters. The van der Waals surface area contributed by atoms with Crippen molar-refractivity contribution in [3.63, 3.8) is 0 Å². The highest BCUT2D eigenvalue weighted by molar-refractivity contribution is 5.39. The number of methoxy groups -OCH3 is 1. The number of nitrogens with one attached hydrogen (secondary N) is 1. The monoisotopic (exact) mass is 267 g/mol. The van der Waals surface area contributed by atoms with Crippen LogP contribution in [0.5, 0.6) is 5.75 Å². The predicted octanol–water partition coefficient (Wildman–Crippen LogP) is 3.69. The molecule has 2 unspecified atom stereocenters. The molecular weight excluding hydrogens is 246 g/mol. The number of fused-ring (bicyclic) bond motifs is 1. The molecule has 0 saturated carbocycles. The molecule has 2 aromatic carbocycles. The van der Waals surface area contributed by atoms with E-state index in [4.69, 9.17) is 4.74 Å². The Hall–Kier alpha value is -1.80. The van der Waals surface area contributed by atoms with E-state index < -0.39 is 0 Å². The van der Waals surface area contributed by atoms with Crippen molar-refractivity contribution in [2.75, 3.05) is 14.2 Å². The van der Waals surface area contributed by atoms with Crippen molar-refractivity contribution in [1.29, 1.82) is 0 Å². The van der Waals surface area contributed by atoms with Crippen LogP contribution in [0.25, 0.3) is 0 Å². The van der Waals surface area contributed by atoms with Gasteiger partial charge in [0.25, 0.3) is 0 Å². The van der Waals surface area contributed by atoms with Gasteiger partial charge >= 0.3 is 0 Å². The fraction of sp³-hybridized carbons (Fsp3) is 0.333. The fourth-order valence-electron chi connectivity index (χ4n) is 3.37. The van der Waals surface area contributed by atoms with Gasteiger partial charge in [0.15, 0.2) is 0 Å². The van der Waals surface area contributed by atoms with E-state index >= 15 is 0 Å². The highest BCUT2D eigenvalue weighted by atomic mass is 16.5. The summed E-state index contributed by atoms with van der Waals surface area (Å²) in [6.45, 7) is 0. The van der Waals surface area contributed by atoms with Gasteiger partial charge in [0.2, 0.25) is 0 Å². The number of ether oxygens (including phenoxy) is 1. The van der Waals surface area contributed by atoms with Crippen LogP contribution < -0.4 is 10.1 Å². The van der Waals surface area contributed by atoms with Crippen molar-refractivity contribution in [3.8, 4) is 5.75 Å². The highest BCUT2D eigenvalue weighted by Gasteiger charge is 2.29. The molecule has 0 spiro atoms. The number of rotatable bonds is 4. The lowest BCUT2D eigenvalue weighted by Crippen LogP contribution is -2.22. The standard InChI is InChI=1S/C18H21NO/c1-19-18(14-7-5-8-15(12-14)20-2)17-11-10-13-6-3-4-9-16(13)17/h3-9,12,17-19H,10-11H2,1-2H3. The van der Waals surface area contributed by atoms with Crippen molar-refractivity contribution in [3.05, 3.63) is 65.2 Å². The third-order valence-electron chi connectivity index (χ3n) is 4.35. The van der Waals surface area contributed by atoms with E-state index in [0.29, 0.717) is 12.0 Å². The van der Waals surface area contributed by atoms with Gasteiger partial charge in [0.1, 0.15) is 5.75 Å². The molecule has 0 aliphatic heterocycles. The Morgan fingerprint density at radius 2 is 2.00 bits per heavy atom. The highest BCUT2D eigenvalue weighted by Crippen LogP contribution is 2.41. The summed E-state index contributed by atoms with van der Waals surface area (Å²) >= 11 is 0. The summed E-state index contributed by atoms with van der Waals surface area (Å²) in [5, 5.41) is 3.50. The molecule has 1 aliphatic carbocycles. The average Bonchev–Trinajstić information content (AvgIpc) is 2.93. The molecule has 2 aromatic rings. The first-order valence-electron chi connectivity index (χ1n) is 7.22. The third-order valence-corrected chi connectivity index (χ3v) is 4.35. The zero-order chi connectivity index (χ0) is 13.9. The number of likely N-dealkylation sites (N-methyl/N-ethyl adjacent to an activating group) is 1. The van der Waals surface area contributed by atoms with Crippen molar-refractivity contribution >= 4 is 0 Å². The van der Waals surface area contributed by atoms with Crippen LogP contribution in [-0.2, 0) is 6.42 Å². The molecule has 0 radical (unpaired) electrons. The van der Waals surface area contributed by atoms with E-state index in [-0.39, 0.29) is 0 Å². The Morgan fingerprint density at radius 3 is 2.80 bits per heavy atom. The molecule has 0 heterocycles. The normalized spacial score (nSPS) is 18.6. The number of aryl methyl sites for hydroxylation is 1. The SMILES string of the molecule is CNC(c1cccc(OC)c1)C1CCc2ccccc21. The van der Waals surface area contributed by atoms with Crippen LogP contribution in [0.2, 0.25) is 0 Å². The Balaban J connectivity index is 1.95. The van der Waals surface area contributed by atoms with Gasteiger partial charge in [0, 0.05) is 12.0 Å². The summed E-state index contributed by atoms with van der Waals surface area (Å²) < 4.78 is 5.35. The average molecular weight is 267 g/mol. The van der Waals surface area contributed by atoms with Crippen LogP contribution in [-0.4, -0.2) is 14.2 Å². The second-order valence-corrected chi connectivity index (χ2v) is 5.39. The molecular formula is C18H21NO. The van der Waals surface area contributed by atoms with Crippen LogP contribution in [0.3, 0.4) is 0 Å². The number of benzene rings is 2. The molecule has 0 aromatic heterocycles. The Kier molecular flexibility index (Phi) is 3.75. The zero-order valence-corrected chi connectivity index (χ0v) is 12.1. The van der Waals surface area contributed by atoms with E-state index in [1.54, 1.807) is 7.11 Å². The van der Waals surface area contributed by atoms with Gasteiger partial charge in [0.05, 0.1) is 7.11 Å². The Bertz CT molecular complexity index is 593. The first-order valence-corrected chi connectivity index (χ1v) is 7.22. The second-order valence-electron chi connectivity index (χ2n) is 5.39. The largest absolute Gasteiger partial charge is 0.497 e. The molecule has 1 aliphatic rings. The minimum atomic E-state index is 0.341. The maximum absolute atomic E-state index is 5.35. The lowest BCUT2D eigenvalue weighted by molar-refractivity contribution is 0.411. The summed E-state index contributed by atoms with van der Waals surface area (Å²) in [6, 6.07) is 17.6. The molecule has 1 N–H and O–H groups in total. The lowest BCUT2D eigenvalue weighted by atomic mass is 9.88. The topological polar surface area (TPSA) is 21.3 Å². The zero-order valence-electron chi connectivity index (χ0n) is 12.1. The van der Waals surface area contributed by atoms with Gasteiger partial charge in [-0.1, -0.05) is 36.4 Å². The summed E-state index contributed by atoms with van der Waals surface area (Å²) in [6.07, 6.45) is 2.39. The Morgan fingerprint density at radius 1 is 1.15 bits per heavy atom. The van der Waals surface area contributed by atoms with Crippen LogP contribution in [0.1, 0.15) is 35.1 Å². The van der Waals surface area contributed by atoms with Gasteiger partial charge in [-0.15, -0.1) is 0 Å². The van der Waals surface area contributed by atoms with Gasteiger partial charge < -0.3 is 10.1 Å². The lowest BCUT2D eigenvalue weighted by Gasteiger charge is -2.25. The number of hydrogen-bond acceptors (Lipinski definition) is 2. The first-order chi connectivity index (χ1) is 9.83. The predicted molar refractivity (Wildman–Crippen MR) is 82.3 cm³/mol. The maximum Gasteiger partial charge on any atom is 0.119 e. The molecule has 0 bridgehead atoms. The molecule has 2 nitrogen and oxygen atoms in total. The quantitative estimate of drug-likeness (QED) is 0.912. The minimum Gasteiger partial charge on any atom is -0.497 e. The smallest absolute Gasteiger partial charge is 0.119 e. The summed E-state index contributed by atoms with van der Waals surface area (Å²) in [7, 11) is 3.77. The van der Waals surface area contributed by atoms with Crippen molar-refractivity contribution in [1.82, 2.24) is 5.32 Å². The van der Waals surface area contributed by atoms with E-state index in [2.05, 4.69) is 47.8 Å². The molecule has 20 heavy (non-hydrogen) atoms. The minimum absolute atomic E-state index is 0.341. The van der Waals surface area contributed by atoms with Gasteiger partial charge in [-0.3, -0.25) is 0 Å². The second kappa shape index (κ2) is 5.68. The van der Waals surface area contributed by atoms with Crippen molar-refractivity contribution in [2.24, 2.45) is 0 Å².